The quantitative estimate of drug-likeness (QED) is 0.561. The number of nitrogens with zero attached hydrogens (tertiary/aromatic N) is 1. The highest BCUT2D eigenvalue weighted by Gasteiger charge is 2.26. The number of hydrogen-bond acceptors (Lipinski definition) is 4. The third-order valence-corrected chi connectivity index (χ3v) is 2.65. The van der Waals surface area contributed by atoms with Gasteiger partial charge in [-0.3, -0.25) is 10.1 Å². The van der Waals surface area contributed by atoms with E-state index in [9.17, 15) is 15.2 Å². The molecule has 5 heteroatoms. The molecule has 0 amide bonds. The van der Waals surface area contributed by atoms with Gasteiger partial charge >= 0.3 is 0 Å². The van der Waals surface area contributed by atoms with Crippen molar-refractivity contribution < 1.29 is 10.0 Å². The lowest BCUT2D eigenvalue weighted by molar-refractivity contribution is -0.384. The summed E-state index contributed by atoms with van der Waals surface area (Å²) in [4.78, 5) is 10.0. The highest BCUT2D eigenvalue weighted by Crippen LogP contribution is 2.25. The molecule has 1 aromatic rings. The minimum Gasteiger partial charge on any atom is -0.391 e. The van der Waals surface area contributed by atoms with Gasteiger partial charge in [-0.2, -0.15) is 0 Å². The number of aliphatic hydroxyl groups is 1. The van der Waals surface area contributed by atoms with Gasteiger partial charge in [-0.05, 0) is 18.5 Å². The van der Waals surface area contributed by atoms with Crippen molar-refractivity contribution in [2.75, 3.05) is 6.54 Å². The van der Waals surface area contributed by atoms with E-state index in [0.717, 1.165) is 18.5 Å². The molecule has 0 aromatic heterocycles. The zero-order chi connectivity index (χ0) is 10.8. The van der Waals surface area contributed by atoms with Crippen LogP contribution in [0.15, 0.2) is 24.3 Å². The second-order valence-electron chi connectivity index (χ2n) is 3.64. The van der Waals surface area contributed by atoms with Crippen molar-refractivity contribution in [3.05, 3.63) is 39.9 Å². The first-order valence-corrected chi connectivity index (χ1v) is 4.84. The van der Waals surface area contributed by atoms with Gasteiger partial charge in [-0.15, -0.1) is 0 Å². The molecule has 5 nitrogen and oxygen atoms in total. The molecular formula is C10H12N2O3. The Labute approximate surface area is 86.9 Å². The van der Waals surface area contributed by atoms with Crippen LogP contribution in [0.25, 0.3) is 0 Å². The Kier molecular flexibility index (Phi) is 2.66. The fourth-order valence-corrected chi connectivity index (χ4v) is 1.83. The molecule has 80 valence electrons. The van der Waals surface area contributed by atoms with E-state index in [1.54, 1.807) is 12.1 Å². The van der Waals surface area contributed by atoms with Crippen molar-refractivity contribution in [2.24, 2.45) is 0 Å². The first kappa shape index (κ1) is 10.1. The first-order chi connectivity index (χ1) is 7.18. The molecule has 0 bridgehead atoms. The van der Waals surface area contributed by atoms with Crippen LogP contribution in [0.5, 0.6) is 0 Å². The normalized spacial score (nSPS) is 25.4. The van der Waals surface area contributed by atoms with Crippen LogP contribution in [0.2, 0.25) is 0 Å². The van der Waals surface area contributed by atoms with Crippen molar-refractivity contribution in [3.8, 4) is 0 Å². The second-order valence-corrected chi connectivity index (χ2v) is 3.64. The molecule has 0 spiro atoms. The van der Waals surface area contributed by atoms with Gasteiger partial charge in [-0.25, -0.2) is 0 Å². The van der Waals surface area contributed by atoms with Gasteiger partial charge < -0.3 is 10.4 Å². The molecular weight excluding hydrogens is 196 g/mol. The number of nitro benzene ring substituents is 1. The molecule has 1 saturated heterocycles. The lowest BCUT2D eigenvalue weighted by Gasteiger charge is -2.14. The Morgan fingerprint density at radius 3 is 2.53 bits per heavy atom. The van der Waals surface area contributed by atoms with Crippen LogP contribution in [0, 0.1) is 10.1 Å². The van der Waals surface area contributed by atoms with Gasteiger partial charge in [-0.1, -0.05) is 12.1 Å². The standard InChI is InChI=1S/C10H12N2O3/c13-9-5-6-11-10(9)7-1-3-8(4-2-7)12(14)15/h1-4,9-11,13H,5-6H2/t9-,10+/m1/s1. The Balaban J connectivity index is 2.19. The Hall–Kier alpha value is -1.46. The van der Waals surface area contributed by atoms with E-state index in [1.807, 2.05) is 0 Å². The maximum atomic E-state index is 10.4. The van der Waals surface area contributed by atoms with E-state index < -0.39 is 11.0 Å². The van der Waals surface area contributed by atoms with E-state index in [1.165, 1.54) is 12.1 Å². The third-order valence-electron chi connectivity index (χ3n) is 2.65. The molecule has 2 rings (SSSR count). The number of nitro groups is 1. The van der Waals surface area contributed by atoms with E-state index in [-0.39, 0.29) is 11.7 Å². The molecule has 1 heterocycles. The Bertz CT molecular complexity index is 363. The second kappa shape index (κ2) is 3.96. The molecule has 1 fully saturated rings. The van der Waals surface area contributed by atoms with Gasteiger partial charge in [0.1, 0.15) is 0 Å². The SMILES string of the molecule is O=[N+]([O-])c1ccc([C@@H]2NCC[C@H]2O)cc1. The van der Waals surface area contributed by atoms with Gasteiger partial charge in [0, 0.05) is 12.1 Å². The van der Waals surface area contributed by atoms with Crippen LogP contribution in [0.4, 0.5) is 5.69 Å². The van der Waals surface area contributed by atoms with Crippen molar-refractivity contribution in [2.45, 2.75) is 18.6 Å². The zero-order valence-electron chi connectivity index (χ0n) is 8.09. The summed E-state index contributed by atoms with van der Waals surface area (Å²) in [5.74, 6) is 0. The van der Waals surface area contributed by atoms with Crippen LogP contribution in [0.3, 0.4) is 0 Å². The van der Waals surface area contributed by atoms with Crippen molar-refractivity contribution in [1.82, 2.24) is 5.32 Å². The van der Waals surface area contributed by atoms with E-state index in [2.05, 4.69) is 5.32 Å². The molecule has 0 unspecified atom stereocenters. The molecule has 1 aliphatic heterocycles. The fourth-order valence-electron chi connectivity index (χ4n) is 1.83. The highest BCUT2D eigenvalue weighted by atomic mass is 16.6. The number of aliphatic hydroxyl groups excluding tert-OH is 1. The Morgan fingerprint density at radius 1 is 1.40 bits per heavy atom. The minimum absolute atomic E-state index is 0.0752. The molecule has 2 atom stereocenters. The van der Waals surface area contributed by atoms with E-state index in [0.29, 0.717) is 0 Å². The van der Waals surface area contributed by atoms with Gasteiger partial charge in [0.2, 0.25) is 0 Å². The summed E-state index contributed by atoms with van der Waals surface area (Å²) in [6.45, 7) is 0.781. The van der Waals surface area contributed by atoms with Crippen LogP contribution < -0.4 is 5.32 Å². The largest absolute Gasteiger partial charge is 0.391 e. The number of hydrogen-bond donors (Lipinski definition) is 2. The summed E-state index contributed by atoms with van der Waals surface area (Å²) >= 11 is 0. The minimum atomic E-state index is -0.428. The summed E-state index contributed by atoms with van der Waals surface area (Å²) in [5.41, 5.74) is 0.969. The molecule has 15 heavy (non-hydrogen) atoms. The summed E-state index contributed by atoms with van der Waals surface area (Å²) < 4.78 is 0. The molecule has 0 saturated carbocycles. The van der Waals surface area contributed by atoms with Crippen LogP contribution in [-0.2, 0) is 0 Å². The predicted molar refractivity (Wildman–Crippen MR) is 54.5 cm³/mol. The third kappa shape index (κ3) is 1.98. The van der Waals surface area contributed by atoms with Gasteiger partial charge in [0.15, 0.2) is 0 Å². The maximum Gasteiger partial charge on any atom is 0.269 e. The average Bonchev–Trinajstić information content (AvgIpc) is 2.65. The monoisotopic (exact) mass is 208 g/mol. The summed E-state index contributed by atoms with van der Waals surface area (Å²) in [6, 6.07) is 6.20. The van der Waals surface area contributed by atoms with Crippen molar-refractivity contribution >= 4 is 5.69 Å². The maximum absolute atomic E-state index is 10.4. The van der Waals surface area contributed by atoms with Crippen LogP contribution >= 0.6 is 0 Å². The first-order valence-electron chi connectivity index (χ1n) is 4.84. The average molecular weight is 208 g/mol. The molecule has 0 radical (unpaired) electrons. The summed E-state index contributed by atoms with van der Waals surface area (Å²) in [5, 5.41) is 23.2. The number of non-ortho nitro benzene ring substituents is 1. The van der Waals surface area contributed by atoms with Gasteiger partial charge in [0.25, 0.3) is 5.69 Å². The lowest BCUT2D eigenvalue weighted by Crippen LogP contribution is -2.20. The molecule has 0 aliphatic carbocycles. The number of benzene rings is 1. The summed E-state index contributed by atoms with van der Waals surface area (Å²) in [7, 11) is 0. The van der Waals surface area contributed by atoms with E-state index in [4.69, 9.17) is 0 Å². The number of rotatable bonds is 2. The Morgan fingerprint density at radius 2 is 2.07 bits per heavy atom. The van der Waals surface area contributed by atoms with Crippen LogP contribution in [-0.4, -0.2) is 22.7 Å². The van der Waals surface area contributed by atoms with E-state index >= 15 is 0 Å². The van der Waals surface area contributed by atoms with Crippen LogP contribution in [0.1, 0.15) is 18.0 Å². The molecule has 1 aliphatic rings. The predicted octanol–water partition coefficient (Wildman–Crippen LogP) is 0.990. The molecule has 2 N–H and O–H groups in total. The molecule has 1 aromatic carbocycles. The van der Waals surface area contributed by atoms with Gasteiger partial charge in [0.05, 0.1) is 17.1 Å². The van der Waals surface area contributed by atoms with Crippen molar-refractivity contribution in [1.29, 1.82) is 0 Å². The summed E-state index contributed by atoms with van der Waals surface area (Å²) in [6.07, 6.45) is 0.327. The highest BCUT2D eigenvalue weighted by molar-refractivity contribution is 5.34. The van der Waals surface area contributed by atoms with Crippen molar-refractivity contribution in [3.63, 3.8) is 0 Å². The lowest BCUT2D eigenvalue weighted by atomic mass is 10.0. The smallest absolute Gasteiger partial charge is 0.269 e. The topological polar surface area (TPSA) is 75.4 Å². The fraction of sp³-hybridized carbons (Fsp3) is 0.400. The zero-order valence-corrected chi connectivity index (χ0v) is 8.09. The number of nitrogens with one attached hydrogen (secondary N) is 1.